The molecule has 2 aromatic carbocycles. The van der Waals surface area contributed by atoms with Gasteiger partial charge in [-0.1, -0.05) is 30.3 Å². The maximum Gasteiger partial charge on any atom is 0.418 e. The summed E-state index contributed by atoms with van der Waals surface area (Å²) >= 11 is 1.31. The van der Waals surface area contributed by atoms with E-state index in [-0.39, 0.29) is 17.8 Å². The number of benzene rings is 2. The lowest BCUT2D eigenvalue weighted by Crippen LogP contribution is -2.46. The van der Waals surface area contributed by atoms with Crippen LogP contribution in [0.2, 0.25) is 0 Å². The monoisotopic (exact) mass is 402 g/mol. The molecule has 0 bridgehead atoms. The molecule has 0 fully saturated rings. The highest BCUT2D eigenvalue weighted by Gasteiger charge is 2.58. The minimum atomic E-state index is -4.59. The van der Waals surface area contributed by atoms with Crippen LogP contribution in [0, 0.1) is 0 Å². The molecule has 0 saturated heterocycles. The Labute approximate surface area is 164 Å². The number of amidine groups is 1. The maximum absolute atomic E-state index is 14.3. The lowest BCUT2D eigenvalue weighted by molar-refractivity contribution is -0.188. The molecule has 7 heteroatoms. The van der Waals surface area contributed by atoms with Crippen LogP contribution in [0.25, 0.3) is 11.1 Å². The molecular weight excluding hydrogens is 385 g/mol. The molecule has 4 rings (SSSR count). The number of halogens is 3. The normalized spacial score (nSPS) is 19.1. The van der Waals surface area contributed by atoms with Gasteiger partial charge in [-0.3, -0.25) is 0 Å². The van der Waals surface area contributed by atoms with Crippen LogP contribution < -0.4 is 10.5 Å². The van der Waals surface area contributed by atoms with Crippen LogP contribution in [0.1, 0.15) is 16.0 Å². The van der Waals surface area contributed by atoms with Gasteiger partial charge in [0.25, 0.3) is 0 Å². The number of alkyl halides is 3. The van der Waals surface area contributed by atoms with Gasteiger partial charge in [0.05, 0.1) is 12.0 Å². The lowest BCUT2D eigenvalue weighted by atomic mass is 9.81. The number of nitrogens with two attached hydrogens (primary N) is 1. The van der Waals surface area contributed by atoms with E-state index in [4.69, 9.17) is 10.5 Å². The molecule has 0 spiro atoms. The van der Waals surface area contributed by atoms with Gasteiger partial charge in [0.2, 0.25) is 0 Å². The van der Waals surface area contributed by atoms with Crippen molar-refractivity contribution in [3.05, 3.63) is 76.0 Å². The van der Waals surface area contributed by atoms with E-state index in [0.717, 1.165) is 5.56 Å². The number of aliphatic imine (C=N–C) groups is 1. The SMILES string of the molecule is COc1cccc(-c2cccc(C3(C(F)(F)F)Cc4ccsc4C(N)=N3)c2)c1. The van der Waals surface area contributed by atoms with Crippen molar-refractivity contribution in [2.24, 2.45) is 10.7 Å². The molecule has 3 nitrogen and oxygen atoms in total. The molecule has 1 unspecified atom stereocenters. The Bertz CT molecular complexity index is 1060. The molecule has 1 aromatic heterocycles. The molecule has 1 aliphatic heterocycles. The van der Waals surface area contributed by atoms with Crippen molar-refractivity contribution in [2.75, 3.05) is 7.11 Å². The molecule has 0 saturated carbocycles. The van der Waals surface area contributed by atoms with Gasteiger partial charge in [-0.2, -0.15) is 13.2 Å². The number of hydrogen-bond acceptors (Lipinski definition) is 4. The van der Waals surface area contributed by atoms with E-state index < -0.39 is 11.7 Å². The van der Waals surface area contributed by atoms with Crippen molar-refractivity contribution in [3.63, 3.8) is 0 Å². The fraction of sp³-hybridized carbons (Fsp3) is 0.190. The third-order valence-corrected chi connectivity index (χ3v) is 5.93. The van der Waals surface area contributed by atoms with E-state index in [0.29, 0.717) is 21.8 Å². The number of thiophene rings is 1. The highest BCUT2D eigenvalue weighted by atomic mass is 32.1. The van der Waals surface area contributed by atoms with Crippen molar-refractivity contribution in [2.45, 2.75) is 18.1 Å². The van der Waals surface area contributed by atoms with Crippen molar-refractivity contribution in [3.8, 4) is 16.9 Å². The van der Waals surface area contributed by atoms with Crippen molar-refractivity contribution >= 4 is 17.2 Å². The number of rotatable bonds is 3. The fourth-order valence-corrected chi connectivity index (χ4v) is 4.35. The Hall–Kier alpha value is -2.80. The highest BCUT2D eigenvalue weighted by molar-refractivity contribution is 7.12. The summed E-state index contributed by atoms with van der Waals surface area (Å²) < 4.78 is 48.2. The quantitative estimate of drug-likeness (QED) is 0.659. The molecule has 0 aliphatic carbocycles. The van der Waals surface area contributed by atoms with E-state index in [1.165, 1.54) is 23.5 Å². The van der Waals surface area contributed by atoms with Gasteiger partial charge in [-0.25, -0.2) is 4.99 Å². The Morgan fingerprint density at radius 2 is 1.79 bits per heavy atom. The van der Waals surface area contributed by atoms with Crippen molar-refractivity contribution in [1.29, 1.82) is 0 Å². The number of fused-ring (bicyclic) bond motifs is 1. The van der Waals surface area contributed by atoms with E-state index in [1.54, 1.807) is 48.9 Å². The number of ether oxygens (including phenoxy) is 1. The van der Waals surface area contributed by atoms with E-state index >= 15 is 0 Å². The Balaban J connectivity index is 1.87. The van der Waals surface area contributed by atoms with Crippen LogP contribution in [-0.2, 0) is 12.0 Å². The third-order valence-electron chi connectivity index (χ3n) is 4.95. The molecule has 2 N–H and O–H groups in total. The van der Waals surface area contributed by atoms with E-state index in [1.807, 2.05) is 6.07 Å². The molecular formula is C21H17F3N2OS. The largest absolute Gasteiger partial charge is 0.497 e. The minimum Gasteiger partial charge on any atom is -0.497 e. The Morgan fingerprint density at radius 1 is 1.07 bits per heavy atom. The second-order valence-corrected chi connectivity index (χ2v) is 7.54. The Morgan fingerprint density at radius 3 is 2.50 bits per heavy atom. The van der Waals surface area contributed by atoms with Crippen LogP contribution in [0.4, 0.5) is 13.2 Å². The molecule has 1 aliphatic rings. The summed E-state index contributed by atoms with van der Waals surface area (Å²) in [6.45, 7) is 0. The molecule has 28 heavy (non-hydrogen) atoms. The van der Waals surface area contributed by atoms with Gasteiger partial charge in [-0.15, -0.1) is 11.3 Å². The van der Waals surface area contributed by atoms with E-state index in [9.17, 15) is 13.2 Å². The van der Waals surface area contributed by atoms with Crippen molar-refractivity contribution in [1.82, 2.24) is 0 Å². The molecule has 3 aromatic rings. The average Bonchev–Trinajstić information content (AvgIpc) is 3.16. The second kappa shape index (κ2) is 6.67. The summed E-state index contributed by atoms with van der Waals surface area (Å²) in [5.74, 6) is 0.566. The second-order valence-electron chi connectivity index (χ2n) is 6.62. The summed E-state index contributed by atoms with van der Waals surface area (Å²) in [6, 6.07) is 15.3. The zero-order valence-corrected chi connectivity index (χ0v) is 15.8. The smallest absolute Gasteiger partial charge is 0.418 e. The summed E-state index contributed by atoms with van der Waals surface area (Å²) in [4.78, 5) is 4.61. The summed E-state index contributed by atoms with van der Waals surface area (Å²) in [7, 11) is 1.55. The third kappa shape index (κ3) is 2.96. The van der Waals surface area contributed by atoms with Crippen LogP contribution in [0.3, 0.4) is 0 Å². The van der Waals surface area contributed by atoms with E-state index in [2.05, 4.69) is 4.99 Å². The first-order valence-electron chi connectivity index (χ1n) is 8.58. The molecule has 2 heterocycles. The average molecular weight is 402 g/mol. The summed E-state index contributed by atoms with van der Waals surface area (Å²) in [5.41, 5.74) is 5.59. The molecule has 1 atom stereocenters. The summed E-state index contributed by atoms with van der Waals surface area (Å²) in [5, 5.41) is 1.74. The molecule has 0 amide bonds. The maximum atomic E-state index is 14.3. The van der Waals surface area contributed by atoms with Crippen LogP contribution in [-0.4, -0.2) is 19.1 Å². The zero-order chi connectivity index (χ0) is 19.9. The first-order chi connectivity index (χ1) is 13.3. The van der Waals surface area contributed by atoms with Gasteiger partial charge in [0.1, 0.15) is 11.6 Å². The molecule has 0 radical (unpaired) electrons. The van der Waals surface area contributed by atoms with Gasteiger partial charge in [0.15, 0.2) is 5.54 Å². The van der Waals surface area contributed by atoms with Crippen molar-refractivity contribution < 1.29 is 17.9 Å². The highest BCUT2D eigenvalue weighted by Crippen LogP contribution is 2.48. The van der Waals surface area contributed by atoms with Crippen LogP contribution in [0.15, 0.2) is 65.0 Å². The number of methoxy groups -OCH3 is 1. The van der Waals surface area contributed by atoms with Crippen LogP contribution in [0.5, 0.6) is 5.75 Å². The van der Waals surface area contributed by atoms with Crippen LogP contribution >= 0.6 is 11.3 Å². The predicted molar refractivity (Wildman–Crippen MR) is 105 cm³/mol. The Kier molecular flexibility index (Phi) is 4.42. The van der Waals surface area contributed by atoms with Gasteiger partial charge in [-0.05, 0) is 51.9 Å². The zero-order valence-electron chi connectivity index (χ0n) is 15.0. The minimum absolute atomic E-state index is 0.0691. The predicted octanol–water partition coefficient (Wildman–Crippen LogP) is 5.14. The standard InChI is InChI=1S/C21H17F3N2OS/c1-27-17-7-3-5-14(11-17)13-4-2-6-16(10-13)20(21(22,23)24)12-15-8-9-28-18(15)19(25)26-20/h2-11H,12H2,1H3,(H2,25,26). The first-order valence-corrected chi connectivity index (χ1v) is 9.46. The van der Waals surface area contributed by atoms with Gasteiger partial charge < -0.3 is 10.5 Å². The lowest BCUT2D eigenvalue weighted by Gasteiger charge is -2.36. The van der Waals surface area contributed by atoms with Gasteiger partial charge >= 0.3 is 6.18 Å². The number of nitrogens with zero attached hydrogens (tertiary/aromatic N) is 1. The van der Waals surface area contributed by atoms with Gasteiger partial charge in [0, 0.05) is 6.42 Å². The summed E-state index contributed by atoms with van der Waals surface area (Å²) in [6.07, 6.45) is -4.86. The number of hydrogen-bond donors (Lipinski definition) is 1. The first kappa shape index (κ1) is 18.6. The molecule has 144 valence electrons. The fourth-order valence-electron chi connectivity index (χ4n) is 3.52. The topological polar surface area (TPSA) is 47.6 Å².